The van der Waals surface area contributed by atoms with Gasteiger partial charge in [-0.3, -0.25) is 4.79 Å². The molecule has 0 aromatic heterocycles. The molecule has 110 valence electrons. The minimum absolute atomic E-state index is 0.0792. The summed E-state index contributed by atoms with van der Waals surface area (Å²) in [5.41, 5.74) is 5.83. The maximum absolute atomic E-state index is 13.1. The van der Waals surface area contributed by atoms with E-state index in [1.165, 1.54) is 6.07 Å². The summed E-state index contributed by atoms with van der Waals surface area (Å²) in [6.45, 7) is 0.522. The molecular weight excluding hydrogens is 262 g/mol. The Morgan fingerprint density at radius 2 is 1.90 bits per heavy atom. The van der Waals surface area contributed by atoms with E-state index in [-0.39, 0.29) is 12.5 Å². The standard InChI is InChI=1S/C15H20F2N2O/c16-12-5-4-11(8-13(12)17)9-19-14(20)15(10-18)6-2-1-3-7-15/h4-5,8H,1-3,6-7,9-10,18H2,(H,19,20). The number of nitrogens with two attached hydrogens (primary N) is 1. The number of nitrogens with one attached hydrogen (secondary N) is 1. The molecule has 1 aliphatic rings. The van der Waals surface area contributed by atoms with E-state index in [2.05, 4.69) is 5.32 Å². The summed E-state index contributed by atoms with van der Waals surface area (Å²) in [6, 6.07) is 3.64. The highest BCUT2D eigenvalue weighted by Crippen LogP contribution is 2.35. The second kappa shape index (κ2) is 6.31. The first-order valence-corrected chi connectivity index (χ1v) is 7.00. The van der Waals surface area contributed by atoms with E-state index in [0.29, 0.717) is 12.1 Å². The van der Waals surface area contributed by atoms with Gasteiger partial charge in [0.05, 0.1) is 5.41 Å². The highest BCUT2D eigenvalue weighted by molar-refractivity contribution is 5.83. The fraction of sp³-hybridized carbons (Fsp3) is 0.533. The number of amides is 1. The zero-order valence-corrected chi connectivity index (χ0v) is 11.4. The molecule has 0 radical (unpaired) electrons. The van der Waals surface area contributed by atoms with Crippen LogP contribution in [0.1, 0.15) is 37.7 Å². The smallest absolute Gasteiger partial charge is 0.227 e. The van der Waals surface area contributed by atoms with Crippen LogP contribution < -0.4 is 11.1 Å². The molecule has 0 unspecified atom stereocenters. The Bertz CT molecular complexity index is 485. The molecule has 2 rings (SSSR count). The van der Waals surface area contributed by atoms with Crippen molar-refractivity contribution >= 4 is 5.91 Å². The molecule has 1 amide bonds. The monoisotopic (exact) mass is 282 g/mol. The first kappa shape index (κ1) is 14.9. The van der Waals surface area contributed by atoms with Gasteiger partial charge in [-0.2, -0.15) is 0 Å². The van der Waals surface area contributed by atoms with Crippen LogP contribution in [0.2, 0.25) is 0 Å². The van der Waals surface area contributed by atoms with Crippen LogP contribution in [0, 0.1) is 17.0 Å². The van der Waals surface area contributed by atoms with E-state index in [4.69, 9.17) is 5.73 Å². The second-order valence-electron chi connectivity index (χ2n) is 5.48. The SMILES string of the molecule is NCC1(C(=O)NCc2ccc(F)c(F)c2)CCCCC1. The van der Waals surface area contributed by atoms with Crippen molar-refractivity contribution in [2.75, 3.05) is 6.54 Å². The maximum Gasteiger partial charge on any atom is 0.227 e. The Kier molecular flexibility index (Phi) is 4.70. The van der Waals surface area contributed by atoms with E-state index in [1.807, 2.05) is 0 Å². The predicted octanol–water partition coefficient (Wildman–Crippen LogP) is 2.49. The molecule has 0 heterocycles. The van der Waals surface area contributed by atoms with Crippen molar-refractivity contribution in [3.05, 3.63) is 35.4 Å². The van der Waals surface area contributed by atoms with Gasteiger partial charge >= 0.3 is 0 Å². The lowest BCUT2D eigenvalue weighted by Crippen LogP contribution is -2.46. The predicted molar refractivity (Wildman–Crippen MR) is 72.8 cm³/mol. The lowest BCUT2D eigenvalue weighted by Gasteiger charge is -2.34. The van der Waals surface area contributed by atoms with Gasteiger partial charge in [-0.15, -0.1) is 0 Å². The molecule has 5 heteroatoms. The molecule has 1 aromatic rings. The van der Waals surface area contributed by atoms with Gasteiger partial charge in [-0.25, -0.2) is 8.78 Å². The molecular formula is C15H20F2N2O. The average molecular weight is 282 g/mol. The van der Waals surface area contributed by atoms with Crippen molar-refractivity contribution < 1.29 is 13.6 Å². The Balaban J connectivity index is 1.98. The molecule has 0 aliphatic heterocycles. The van der Waals surface area contributed by atoms with Crippen molar-refractivity contribution in [1.82, 2.24) is 5.32 Å². The minimum Gasteiger partial charge on any atom is -0.352 e. The van der Waals surface area contributed by atoms with Crippen LogP contribution in [0.5, 0.6) is 0 Å². The Labute approximate surface area is 117 Å². The van der Waals surface area contributed by atoms with E-state index in [0.717, 1.165) is 44.2 Å². The first-order chi connectivity index (χ1) is 9.57. The highest BCUT2D eigenvalue weighted by atomic mass is 19.2. The van der Waals surface area contributed by atoms with Gasteiger partial charge < -0.3 is 11.1 Å². The zero-order valence-electron chi connectivity index (χ0n) is 11.4. The molecule has 1 fully saturated rings. The average Bonchev–Trinajstić information content (AvgIpc) is 2.48. The summed E-state index contributed by atoms with van der Waals surface area (Å²) in [5.74, 6) is -1.86. The highest BCUT2D eigenvalue weighted by Gasteiger charge is 2.37. The minimum atomic E-state index is -0.900. The van der Waals surface area contributed by atoms with Crippen LogP contribution in [0.15, 0.2) is 18.2 Å². The van der Waals surface area contributed by atoms with Gasteiger partial charge in [0.2, 0.25) is 5.91 Å². The first-order valence-electron chi connectivity index (χ1n) is 7.00. The lowest BCUT2D eigenvalue weighted by molar-refractivity contribution is -0.132. The van der Waals surface area contributed by atoms with Crippen LogP contribution in [0.4, 0.5) is 8.78 Å². The Morgan fingerprint density at radius 1 is 1.20 bits per heavy atom. The van der Waals surface area contributed by atoms with Crippen LogP contribution >= 0.6 is 0 Å². The zero-order chi connectivity index (χ0) is 14.6. The molecule has 3 N–H and O–H groups in total. The largest absolute Gasteiger partial charge is 0.352 e. The third kappa shape index (κ3) is 3.15. The summed E-state index contributed by atoms with van der Waals surface area (Å²) in [4.78, 5) is 12.3. The topological polar surface area (TPSA) is 55.1 Å². The number of benzene rings is 1. The quantitative estimate of drug-likeness (QED) is 0.891. The van der Waals surface area contributed by atoms with Crippen molar-refractivity contribution in [3.63, 3.8) is 0 Å². The number of carbonyl (C=O) groups is 1. The molecule has 3 nitrogen and oxygen atoms in total. The summed E-state index contributed by atoms with van der Waals surface area (Å²) in [7, 11) is 0. The van der Waals surface area contributed by atoms with Crippen molar-refractivity contribution in [2.45, 2.75) is 38.6 Å². The van der Waals surface area contributed by atoms with Crippen molar-refractivity contribution in [1.29, 1.82) is 0 Å². The van der Waals surface area contributed by atoms with E-state index in [9.17, 15) is 13.6 Å². The van der Waals surface area contributed by atoms with Gasteiger partial charge in [-0.05, 0) is 30.5 Å². The van der Waals surface area contributed by atoms with Gasteiger partial charge in [0, 0.05) is 13.1 Å². The fourth-order valence-electron chi connectivity index (χ4n) is 2.77. The molecule has 0 atom stereocenters. The van der Waals surface area contributed by atoms with E-state index in [1.54, 1.807) is 0 Å². The fourth-order valence-corrected chi connectivity index (χ4v) is 2.77. The van der Waals surface area contributed by atoms with Crippen LogP contribution in [0.25, 0.3) is 0 Å². The summed E-state index contributed by atoms with van der Waals surface area (Å²) < 4.78 is 25.9. The second-order valence-corrected chi connectivity index (χ2v) is 5.48. The molecule has 1 aliphatic carbocycles. The Hall–Kier alpha value is -1.49. The van der Waals surface area contributed by atoms with Crippen molar-refractivity contribution in [3.8, 4) is 0 Å². The van der Waals surface area contributed by atoms with Crippen LogP contribution in [-0.2, 0) is 11.3 Å². The molecule has 0 spiro atoms. The molecule has 20 heavy (non-hydrogen) atoms. The third-order valence-corrected chi connectivity index (χ3v) is 4.12. The number of carbonyl (C=O) groups excluding carboxylic acids is 1. The number of hydrogen-bond acceptors (Lipinski definition) is 2. The van der Waals surface area contributed by atoms with Gasteiger partial charge in [0.1, 0.15) is 0 Å². The van der Waals surface area contributed by atoms with Gasteiger partial charge in [0.25, 0.3) is 0 Å². The van der Waals surface area contributed by atoms with Crippen molar-refractivity contribution in [2.24, 2.45) is 11.1 Å². The normalized spacial score (nSPS) is 17.8. The summed E-state index contributed by atoms with van der Waals surface area (Å²) in [6.07, 6.45) is 4.75. The molecule has 0 bridgehead atoms. The van der Waals surface area contributed by atoms with Crippen LogP contribution in [0.3, 0.4) is 0 Å². The number of rotatable bonds is 4. The Morgan fingerprint density at radius 3 is 2.50 bits per heavy atom. The summed E-state index contributed by atoms with van der Waals surface area (Å²) in [5, 5.41) is 2.80. The lowest BCUT2D eigenvalue weighted by atomic mass is 9.73. The third-order valence-electron chi connectivity index (χ3n) is 4.12. The molecule has 1 saturated carbocycles. The van der Waals surface area contributed by atoms with Gasteiger partial charge in [-0.1, -0.05) is 25.3 Å². The van der Waals surface area contributed by atoms with E-state index < -0.39 is 17.0 Å². The van der Waals surface area contributed by atoms with Gasteiger partial charge in [0.15, 0.2) is 11.6 Å². The number of hydrogen-bond donors (Lipinski definition) is 2. The number of halogens is 2. The molecule has 0 saturated heterocycles. The maximum atomic E-state index is 13.1. The molecule has 1 aromatic carbocycles. The van der Waals surface area contributed by atoms with E-state index >= 15 is 0 Å². The van der Waals surface area contributed by atoms with Crippen LogP contribution in [-0.4, -0.2) is 12.5 Å². The summed E-state index contributed by atoms with van der Waals surface area (Å²) >= 11 is 0.